The molecule has 0 aromatic rings. The summed E-state index contributed by atoms with van der Waals surface area (Å²) in [4.78, 5) is 45.6. The molecule has 4 aliphatic rings. The van der Waals surface area contributed by atoms with E-state index in [9.17, 15) is 34.2 Å². The van der Waals surface area contributed by atoms with Gasteiger partial charge in [-0.2, -0.15) is 0 Å². The van der Waals surface area contributed by atoms with E-state index in [4.69, 9.17) is 11.6 Å². The van der Waals surface area contributed by atoms with Gasteiger partial charge in [0.1, 0.15) is 12.2 Å². The first-order valence-electron chi connectivity index (χ1n) is 10.8. The Labute approximate surface area is 220 Å². The number of Topliss-reactive ketones (excluding diaryl/α,β-unsaturated/α-hetero) is 1. The average molecular weight is 510 g/mol. The first-order chi connectivity index (χ1) is 14.6. The van der Waals surface area contributed by atoms with E-state index in [0.717, 1.165) is 5.57 Å². The Kier molecular flexibility index (Phi) is 7.24. The molecule has 4 aliphatic carbocycles. The number of aliphatic hydroxyl groups is 2. The summed E-state index contributed by atoms with van der Waals surface area (Å²) in [6, 6.07) is 0. The molecule has 0 aromatic heterocycles. The van der Waals surface area contributed by atoms with Crippen molar-refractivity contribution in [1.82, 2.24) is 0 Å². The number of phosphoric acid groups is 1. The molecule has 11 heteroatoms. The molecule has 2 N–H and O–H groups in total. The van der Waals surface area contributed by atoms with Crippen LogP contribution in [0.1, 0.15) is 46.5 Å². The quantitative estimate of drug-likeness (QED) is 0.252. The van der Waals surface area contributed by atoms with Crippen molar-refractivity contribution >= 4 is 31.0 Å². The maximum Gasteiger partial charge on any atom is 1.00 e. The van der Waals surface area contributed by atoms with Crippen molar-refractivity contribution in [2.75, 3.05) is 6.61 Å². The van der Waals surface area contributed by atoms with E-state index < -0.39 is 53.5 Å². The molecule has 4 rings (SSSR count). The summed E-state index contributed by atoms with van der Waals surface area (Å²) in [6.07, 6.45) is 5.32. The molecule has 0 aromatic carbocycles. The average Bonchev–Trinajstić information content (AvgIpc) is 2.89. The smallest absolute Gasteiger partial charge is 0.790 e. The molecule has 8 unspecified atom stereocenters. The number of aliphatic hydroxyl groups excluding tert-OH is 1. The van der Waals surface area contributed by atoms with E-state index in [1.54, 1.807) is 26.0 Å². The van der Waals surface area contributed by atoms with Crippen LogP contribution in [0.25, 0.3) is 0 Å². The Balaban J connectivity index is 0.00000306. The molecule has 0 bridgehead atoms. The number of rotatable bonds is 4. The number of hydrogen-bond acceptors (Lipinski definition) is 8. The molecule has 0 spiro atoms. The van der Waals surface area contributed by atoms with Gasteiger partial charge in [-0.05, 0) is 55.6 Å². The summed E-state index contributed by atoms with van der Waals surface area (Å²) in [7, 11) is -5.39. The van der Waals surface area contributed by atoms with Crippen LogP contribution in [0.2, 0.25) is 0 Å². The number of alkyl halides is 1. The standard InChI is InChI=1S/C22H30ClO8P.Na/c1-12-8-16-15-5-4-13-9-14(24)6-7-19(13,2)21(15,23)17(25)10-20(16,3)22(12,27)18(26)11-31-32(28,29)30;/h6-7,9,12,15-17,25,27H,4-5,8,10-11H2,1-3H3,(H2,28,29,30);/q;+1/p-2. The zero-order valence-corrected chi connectivity index (χ0v) is 22.9. The minimum absolute atomic E-state index is 0. The third kappa shape index (κ3) is 3.76. The number of ketones is 2. The summed E-state index contributed by atoms with van der Waals surface area (Å²) in [6.45, 7) is 4.29. The summed E-state index contributed by atoms with van der Waals surface area (Å²) >= 11 is 7.30. The van der Waals surface area contributed by atoms with Crippen LogP contribution in [0.3, 0.4) is 0 Å². The molecule has 3 fully saturated rings. The topological polar surface area (TPSA) is 147 Å². The van der Waals surface area contributed by atoms with Crippen molar-refractivity contribution in [3.05, 3.63) is 23.8 Å². The van der Waals surface area contributed by atoms with Gasteiger partial charge in [0.05, 0.1) is 18.8 Å². The number of halogens is 1. The van der Waals surface area contributed by atoms with Gasteiger partial charge in [-0.3, -0.25) is 9.59 Å². The largest absolute Gasteiger partial charge is 1.00 e. The molecule has 33 heavy (non-hydrogen) atoms. The van der Waals surface area contributed by atoms with Gasteiger partial charge in [0.25, 0.3) is 0 Å². The van der Waals surface area contributed by atoms with Gasteiger partial charge in [-0.1, -0.05) is 32.4 Å². The van der Waals surface area contributed by atoms with Crippen molar-refractivity contribution < 1.29 is 68.2 Å². The Bertz CT molecular complexity index is 979. The normalized spacial score (nSPS) is 46.5. The van der Waals surface area contributed by atoms with Crippen LogP contribution in [0.15, 0.2) is 23.8 Å². The molecule has 178 valence electrons. The van der Waals surface area contributed by atoms with Crippen molar-refractivity contribution in [2.24, 2.45) is 28.6 Å². The number of fused-ring (bicyclic) bond motifs is 5. The number of allylic oxidation sites excluding steroid dienone is 4. The zero-order valence-electron chi connectivity index (χ0n) is 19.2. The molecule has 0 amide bonds. The van der Waals surface area contributed by atoms with E-state index in [2.05, 4.69) is 4.52 Å². The second-order valence-electron chi connectivity index (χ2n) is 10.3. The molecule has 8 atom stereocenters. The summed E-state index contributed by atoms with van der Waals surface area (Å²) < 4.78 is 15.1. The van der Waals surface area contributed by atoms with Crippen LogP contribution in [-0.4, -0.2) is 45.0 Å². The van der Waals surface area contributed by atoms with Crippen LogP contribution in [0.5, 0.6) is 0 Å². The second-order valence-corrected chi connectivity index (χ2v) is 12.1. The minimum Gasteiger partial charge on any atom is -0.790 e. The monoisotopic (exact) mass is 509 g/mol. The molecular formula is C22H28ClNaO8P-. The maximum absolute atomic E-state index is 13.0. The summed E-state index contributed by atoms with van der Waals surface area (Å²) in [5.74, 6) is -2.08. The zero-order chi connectivity index (χ0) is 23.9. The van der Waals surface area contributed by atoms with Gasteiger partial charge in [0.15, 0.2) is 11.6 Å². The molecule has 8 nitrogen and oxygen atoms in total. The van der Waals surface area contributed by atoms with Gasteiger partial charge in [0, 0.05) is 10.8 Å². The molecule has 0 aliphatic heterocycles. The number of phosphoric ester groups is 1. The Morgan fingerprint density at radius 1 is 1.33 bits per heavy atom. The molecule has 0 saturated heterocycles. The summed E-state index contributed by atoms with van der Waals surface area (Å²) in [5, 5.41) is 23.1. The van der Waals surface area contributed by atoms with E-state index >= 15 is 0 Å². The second kappa shape index (κ2) is 8.62. The fourth-order valence-corrected chi connectivity index (χ4v) is 8.19. The van der Waals surface area contributed by atoms with Gasteiger partial charge < -0.3 is 29.1 Å². The summed E-state index contributed by atoms with van der Waals surface area (Å²) in [5.41, 5.74) is -2.98. The van der Waals surface area contributed by atoms with Crippen molar-refractivity contribution in [3.8, 4) is 0 Å². The van der Waals surface area contributed by atoms with Crippen molar-refractivity contribution in [2.45, 2.75) is 63.0 Å². The van der Waals surface area contributed by atoms with Crippen LogP contribution < -0.4 is 39.3 Å². The van der Waals surface area contributed by atoms with Gasteiger partial charge in [0.2, 0.25) is 0 Å². The molecular weight excluding hydrogens is 482 g/mol. The maximum atomic E-state index is 13.0. The Hall–Kier alpha value is 0.140. The van der Waals surface area contributed by atoms with E-state index in [0.29, 0.717) is 19.3 Å². The van der Waals surface area contributed by atoms with Crippen LogP contribution in [-0.2, 0) is 18.7 Å². The number of hydrogen-bond donors (Lipinski definition) is 2. The van der Waals surface area contributed by atoms with Gasteiger partial charge in [-0.15, -0.1) is 11.6 Å². The molecule has 3 saturated carbocycles. The van der Waals surface area contributed by atoms with Crippen LogP contribution in [0.4, 0.5) is 0 Å². The van der Waals surface area contributed by atoms with Crippen LogP contribution in [0, 0.1) is 28.6 Å². The fraction of sp³-hybridized carbons (Fsp3) is 0.727. The van der Waals surface area contributed by atoms with Crippen molar-refractivity contribution in [1.29, 1.82) is 0 Å². The number of carbonyl (C=O) groups is 2. The van der Waals surface area contributed by atoms with E-state index in [1.165, 1.54) is 6.08 Å². The third-order valence-corrected chi connectivity index (χ3v) is 10.4. The molecule has 0 heterocycles. The van der Waals surface area contributed by atoms with Crippen LogP contribution >= 0.6 is 19.4 Å². The Morgan fingerprint density at radius 3 is 2.58 bits per heavy atom. The first kappa shape index (κ1) is 27.7. The van der Waals surface area contributed by atoms with E-state index in [1.807, 2.05) is 6.92 Å². The van der Waals surface area contributed by atoms with E-state index in [-0.39, 0.29) is 53.6 Å². The fourth-order valence-electron chi connectivity index (χ4n) is 7.39. The minimum atomic E-state index is -5.39. The first-order valence-corrected chi connectivity index (χ1v) is 12.7. The third-order valence-electron chi connectivity index (χ3n) is 9.00. The SMILES string of the molecule is CC1CC2C3CCC4=CC(=O)C=CC4(C)C3(Cl)C(O)CC2(C)C1(O)C(=O)COP(=O)([O-])[O-].[Na+]. The van der Waals surface area contributed by atoms with Crippen molar-refractivity contribution in [3.63, 3.8) is 0 Å². The predicted molar refractivity (Wildman–Crippen MR) is 111 cm³/mol. The van der Waals surface area contributed by atoms with Gasteiger partial charge >= 0.3 is 29.6 Å². The predicted octanol–water partition coefficient (Wildman–Crippen LogP) is -1.98. The number of carbonyl (C=O) groups excluding carboxylic acids is 2. The van der Waals surface area contributed by atoms with Gasteiger partial charge in [-0.25, -0.2) is 0 Å². The Morgan fingerprint density at radius 2 is 1.97 bits per heavy atom. The molecule has 0 radical (unpaired) electrons.